The van der Waals surface area contributed by atoms with Gasteiger partial charge in [0, 0.05) is 11.6 Å². The minimum absolute atomic E-state index is 0.0510. The number of hydrogen-bond donors (Lipinski definition) is 1. The number of fused-ring (bicyclic) bond motifs is 1. The van der Waals surface area contributed by atoms with Gasteiger partial charge in [0.2, 0.25) is 0 Å². The lowest BCUT2D eigenvalue weighted by Crippen LogP contribution is -2.09. The molecule has 3 rings (SSSR count). The van der Waals surface area contributed by atoms with Crippen LogP contribution in [0.25, 0.3) is 5.57 Å². The van der Waals surface area contributed by atoms with Crippen LogP contribution in [-0.2, 0) is 6.42 Å². The summed E-state index contributed by atoms with van der Waals surface area (Å²) in [4.78, 5) is 11.2. The van der Waals surface area contributed by atoms with Crippen molar-refractivity contribution in [3.05, 3.63) is 75.6 Å². The third-order valence-corrected chi connectivity index (χ3v) is 4.10. The van der Waals surface area contributed by atoms with E-state index in [-0.39, 0.29) is 11.1 Å². The van der Waals surface area contributed by atoms with Gasteiger partial charge < -0.3 is 5.11 Å². The molecule has 0 fully saturated rings. The van der Waals surface area contributed by atoms with Crippen molar-refractivity contribution in [3.63, 3.8) is 0 Å². The smallest absolute Gasteiger partial charge is 0.335 e. The van der Waals surface area contributed by atoms with Gasteiger partial charge >= 0.3 is 5.97 Å². The number of allylic oxidation sites excluding steroid dienone is 1. The first-order chi connectivity index (χ1) is 10.9. The van der Waals surface area contributed by atoms with E-state index in [2.05, 4.69) is 0 Å². The maximum absolute atomic E-state index is 14.2. The molecule has 0 aliphatic heterocycles. The van der Waals surface area contributed by atoms with Gasteiger partial charge in [-0.15, -0.1) is 0 Å². The molecule has 0 saturated carbocycles. The molecule has 0 atom stereocenters. The molecule has 0 aromatic heterocycles. The van der Waals surface area contributed by atoms with Crippen LogP contribution in [0.3, 0.4) is 0 Å². The van der Waals surface area contributed by atoms with Crippen molar-refractivity contribution < 1.29 is 23.1 Å². The quantitative estimate of drug-likeness (QED) is 0.824. The number of aryl methyl sites for hydroxylation is 1. The lowest BCUT2D eigenvalue weighted by molar-refractivity contribution is 0.0697. The first-order valence-electron chi connectivity index (χ1n) is 7.09. The third-order valence-electron chi connectivity index (χ3n) is 4.10. The second kappa shape index (κ2) is 5.57. The van der Waals surface area contributed by atoms with E-state index in [1.165, 1.54) is 12.1 Å². The minimum atomic E-state index is -1.25. The molecule has 0 unspecified atom stereocenters. The Morgan fingerprint density at radius 1 is 0.957 bits per heavy atom. The first kappa shape index (κ1) is 15.3. The maximum atomic E-state index is 14.2. The number of carbonyl (C=O) groups is 1. The zero-order valence-corrected chi connectivity index (χ0v) is 12.3. The SMILES string of the molecule is CC1=C(c2cc(F)c(F)cc2F)c2cc(C(=O)O)ccc2CC1. The van der Waals surface area contributed by atoms with Crippen LogP contribution in [0.4, 0.5) is 13.2 Å². The summed E-state index contributed by atoms with van der Waals surface area (Å²) in [6.07, 6.45) is 1.34. The maximum Gasteiger partial charge on any atom is 0.335 e. The summed E-state index contributed by atoms with van der Waals surface area (Å²) in [6, 6.07) is 5.97. The summed E-state index contributed by atoms with van der Waals surface area (Å²) >= 11 is 0. The molecule has 2 aromatic carbocycles. The molecule has 5 heteroatoms. The van der Waals surface area contributed by atoms with Crippen LogP contribution in [0.1, 0.15) is 40.4 Å². The van der Waals surface area contributed by atoms with Gasteiger partial charge in [-0.25, -0.2) is 18.0 Å². The van der Waals surface area contributed by atoms with E-state index in [0.717, 1.165) is 17.2 Å². The molecule has 2 nitrogen and oxygen atoms in total. The van der Waals surface area contributed by atoms with Crippen molar-refractivity contribution in [2.24, 2.45) is 0 Å². The van der Waals surface area contributed by atoms with Crippen molar-refractivity contribution in [2.45, 2.75) is 19.8 Å². The molecule has 0 spiro atoms. The van der Waals surface area contributed by atoms with Crippen LogP contribution < -0.4 is 0 Å². The topological polar surface area (TPSA) is 37.3 Å². The predicted octanol–water partition coefficient (Wildman–Crippen LogP) is 4.57. The molecule has 1 aliphatic carbocycles. The molecule has 2 aromatic rings. The van der Waals surface area contributed by atoms with Crippen molar-refractivity contribution in [1.29, 1.82) is 0 Å². The lowest BCUT2D eigenvalue weighted by Gasteiger charge is -2.23. The van der Waals surface area contributed by atoms with Gasteiger partial charge in [0.05, 0.1) is 5.56 Å². The Hall–Kier alpha value is -2.56. The van der Waals surface area contributed by atoms with Crippen molar-refractivity contribution in [2.75, 3.05) is 0 Å². The number of benzene rings is 2. The van der Waals surface area contributed by atoms with Crippen LogP contribution in [0.15, 0.2) is 35.9 Å². The van der Waals surface area contributed by atoms with E-state index in [0.29, 0.717) is 30.0 Å². The molecular formula is C18H13F3O2. The summed E-state index contributed by atoms with van der Waals surface area (Å²) in [7, 11) is 0. The summed E-state index contributed by atoms with van der Waals surface area (Å²) in [5, 5.41) is 9.14. The molecule has 118 valence electrons. The van der Waals surface area contributed by atoms with E-state index in [1.54, 1.807) is 13.0 Å². The standard InChI is InChI=1S/C18H13F3O2/c1-9-2-3-10-4-5-11(18(22)23)6-12(10)17(9)13-7-15(20)16(21)8-14(13)19/h4-8H,2-3H2,1H3,(H,22,23). The average molecular weight is 318 g/mol. The Balaban J connectivity index is 2.26. The van der Waals surface area contributed by atoms with Crippen LogP contribution in [0.2, 0.25) is 0 Å². The first-order valence-corrected chi connectivity index (χ1v) is 7.09. The van der Waals surface area contributed by atoms with Crippen LogP contribution in [0.5, 0.6) is 0 Å². The highest BCUT2D eigenvalue weighted by Crippen LogP contribution is 2.38. The number of rotatable bonds is 2. The summed E-state index contributed by atoms with van der Waals surface area (Å²) in [5.74, 6) is -4.35. The zero-order chi connectivity index (χ0) is 16.7. The van der Waals surface area contributed by atoms with Gasteiger partial charge in [-0.2, -0.15) is 0 Å². The number of aromatic carboxylic acids is 1. The predicted molar refractivity (Wildman–Crippen MR) is 79.7 cm³/mol. The largest absolute Gasteiger partial charge is 0.478 e. The average Bonchev–Trinajstić information content (AvgIpc) is 2.51. The molecule has 0 amide bonds. The van der Waals surface area contributed by atoms with E-state index in [9.17, 15) is 18.0 Å². The number of carboxylic acids is 1. The Labute approximate surface area is 130 Å². The highest BCUT2D eigenvalue weighted by Gasteiger charge is 2.23. The van der Waals surface area contributed by atoms with Crippen LogP contribution in [0, 0.1) is 17.5 Å². The summed E-state index contributed by atoms with van der Waals surface area (Å²) < 4.78 is 40.9. The zero-order valence-electron chi connectivity index (χ0n) is 12.3. The number of halogens is 3. The molecule has 23 heavy (non-hydrogen) atoms. The van der Waals surface area contributed by atoms with E-state index >= 15 is 0 Å². The number of carboxylic acid groups (broad SMARTS) is 1. The molecule has 0 heterocycles. The van der Waals surface area contributed by atoms with Gasteiger partial charge in [-0.05, 0) is 54.7 Å². The van der Waals surface area contributed by atoms with Crippen LogP contribution >= 0.6 is 0 Å². The molecular weight excluding hydrogens is 305 g/mol. The van der Waals surface area contributed by atoms with Crippen molar-refractivity contribution in [3.8, 4) is 0 Å². The molecule has 0 radical (unpaired) electrons. The Morgan fingerprint density at radius 2 is 1.65 bits per heavy atom. The molecule has 1 aliphatic rings. The monoisotopic (exact) mass is 318 g/mol. The van der Waals surface area contributed by atoms with Crippen LogP contribution in [-0.4, -0.2) is 11.1 Å². The van der Waals surface area contributed by atoms with E-state index < -0.39 is 23.4 Å². The number of hydrogen-bond acceptors (Lipinski definition) is 1. The van der Waals surface area contributed by atoms with Gasteiger partial charge in [-0.1, -0.05) is 11.6 Å². The van der Waals surface area contributed by atoms with E-state index in [4.69, 9.17) is 5.11 Å². The Kier molecular flexibility index (Phi) is 3.72. The normalized spacial score (nSPS) is 13.9. The summed E-state index contributed by atoms with van der Waals surface area (Å²) in [6.45, 7) is 1.78. The molecule has 0 saturated heterocycles. The molecule has 1 N–H and O–H groups in total. The van der Waals surface area contributed by atoms with E-state index in [1.807, 2.05) is 0 Å². The second-order valence-electron chi connectivity index (χ2n) is 5.58. The van der Waals surface area contributed by atoms with Crippen molar-refractivity contribution in [1.82, 2.24) is 0 Å². The molecule has 0 bridgehead atoms. The highest BCUT2D eigenvalue weighted by molar-refractivity contribution is 5.92. The van der Waals surface area contributed by atoms with Crippen molar-refractivity contribution >= 4 is 11.5 Å². The van der Waals surface area contributed by atoms with Gasteiger partial charge in [-0.3, -0.25) is 0 Å². The Morgan fingerprint density at radius 3 is 2.35 bits per heavy atom. The fourth-order valence-electron chi connectivity index (χ4n) is 2.93. The lowest BCUT2D eigenvalue weighted by atomic mass is 9.82. The van der Waals surface area contributed by atoms with Gasteiger partial charge in [0.1, 0.15) is 5.82 Å². The minimum Gasteiger partial charge on any atom is -0.478 e. The Bertz CT molecular complexity index is 854. The fourth-order valence-corrected chi connectivity index (χ4v) is 2.93. The second-order valence-corrected chi connectivity index (χ2v) is 5.58. The summed E-state index contributed by atoms with van der Waals surface area (Å²) in [5.41, 5.74) is 2.68. The third kappa shape index (κ3) is 2.63. The van der Waals surface area contributed by atoms with Gasteiger partial charge in [0.15, 0.2) is 11.6 Å². The highest BCUT2D eigenvalue weighted by atomic mass is 19.2. The fraction of sp³-hybridized carbons (Fsp3) is 0.167. The van der Waals surface area contributed by atoms with Gasteiger partial charge in [0.25, 0.3) is 0 Å².